The molecule has 3 aromatic rings. The first-order valence-electron chi connectivity index (χ1n) is 7.55. The van der Waals surface area contributed by atoms with Gasteiger partial charge in [0.2, 0.25) is 0 Å². The molecule has 0 bridgehead atoms. The van der Waals surface area contributed by atoms with Crippen LogP contribution < -0.4 is 4.65 Å². The van der Waals surface area contributed by atoms with Crippen molar-refractivity contribution < 1.29 is 14.7 Å². The number of hydrogen-bond acceptors (Lipinski definition) is 3. The molecule has 0 saturated carbocycles. The van der Waals surface area contributed by atoms with Crippen molar-refractivity contribution in [2.75, 3.05) is 0 Å². The number of hydrogen-bond donors (Lipinski definition) is 2. The Morgan fingerprint density at radius 2 is 1.43 bits per heavy atom. The van der Waals surface area contributed by atoms with Crippen molar-refractivity contribution in [2.45, 2.75) is 5.92 Å². The first-order chi connectivity index (χ1) is 11.3. The fraction of sp³-hybridized carbons (Fsp3) is 0.0526. The molecule has 0 saturated heterocycles. The van der Waals surface area contributed by atoms with Gasteiger partial charge in [-0.3, -0.25) is 0 Å². The quantitative estimate of drug-likeness (QED) is 0.571. The summed E-state index contributed by atoms with van der Waals surface area (Å²) in [4.78, 5) is 0. The van der Waals surface area contributed by atoms with Gasteiger partial charge in [0.1, 0.15) is 5.75 Å². The molecular weight excluding hydrogens is 287 g/mol. The van der Waals surface area contributed by atoms with Gasteiger partial charge in [0.15, 0.2) is 0 Å². The lowest BCUT2D eigenvalue weighted by Crippen LogP contribution is -2.21. The Labute approximate surface area is 135 Å². The smallest absolute Gasteiger partial charge is 0.512 e. The molecule has 0 heterocycles. The summed E-state index contributed by atoms with van der Waals surface area (Å²) < 4.78 is 5.25. The van der Waals surface area contributed by atoms with E-state index in [4.69, 9.17) is 4.65 Å². The molecule has 1 aliphatic rings. The minimum Gasteiger partial charge on any atom is -0.512 e. The van der Waals surface area contributed by atoms with Crippen LogP contribution in [0, 0.1) is 0 Å². The summed E-state index contributed by atoms with van der Waals surface area (Å²) >= 11 is 0. The minimum atomic E-state index is -1.83. The van der Waals surface area contributed by atoms with Gasteiger partial charge in [-0.25, -0.2) is 0 Å². The molecule has 0 amide bonds. The van der Waals surface area contributed by atoms with Crippen LogP contribution in [0.5, 0.6) is 5.75 Å². The van der Waals surface area contributed by atoms with Crippen molar-refractivity contribution in [2.24, 2.45) is 0 Å². The van der Waals surface area contributed by atoms with E-state index in [-0.39, 0.29) is 5.92 Å². The van der Waals surface area contributed by atoms with Crippen LogP contribution in [-0.4, -0.2) is 17.4 Å². The summed E-state index contributed by atoms with van der Waals surface area (Å²) in [7, 11) is -1.83. The van der Waals surface area contributed by atoms with Crippen LogP contribution in [0.1, 0.15) is 22.6 Å². The topological polar surface area (TPSA) is 49.7 Å². The Morgan fingerprint density at radius 3 is 2.22 bits per heavy atom. The first kappa shape index (κ1) is 14.1. The second kappa shape index (κ2) is 5.58. The molecule has 4 rings (SSSR count). The van der Waals surface area contributed by atoms with Crippen LogP contribution in [0.2, 0.25) is 0 Å². The molecular formula is C19H15BO3. The van der Waals surface area contributed by atoms with Gasteiger partial charge in [0, 0.05) is 11.5 Å². The van der Waals surface area contributed by atoms with Crippen molar-refractivity contribution in [3.8, 4) is 16.9 Å². The zero-order valence-electron chi connectivity index (χ0n) is 12.4. The maximum absolute atomic E-state index is 9.24. The standard InChI is InChI=1S/C19H15BO3/c21-20(22)23-17-12-6-11-16-14-9-4-5-10-15(14)18(19(16)17)13-7-2-1-3-8-13/h1-12,18,21-22H. The molecule has 1 atom stereocenters. The fourth-order valence-electron chi connectivity index (χ4n) is 3.43. The molecule has 0 radical (unpaired) electrons. The van der Waals surface area contributed by atoms with Gasteiger partial charge in [-0.15, -0.1) is 0 Å². The molecule has 0 aromatic heterocycles. The normalized spacial score (nSPS) is 15.0. The zero-order chi connectivity index (χ0) is 15.8. The molecule has 4 heteroatoms. The molecule has 0 aliphatic heterocycles. The highest BCUT2D eigenvalue weighted by molar-refractivity contribution is 6.33. The third-order valence-corrected chi connectivity index (χ3v) is 4.28. The third-order valence-electron chi connectivity index (χ3n) is 4.28. The second-order valence-electron chi connectivity index (χ2n) is 5.59. The molecule has 3 nitrogen and oxygen atoms in total. The monoisotopic (exact) mass is 302 g/mol. The van der Waals surface area contributed by atoms with Crippen LogP contribution >= 0.6 is 0 Å². The van der Waals surface area contributed by atoms with E-state index in [9.17, 15) is 10.0 Å². The van der Waals surface area contributed by atoms with Gasteiger partial charge in [-0.1, -0.05) is 66.7 Å². The molecule has 0 fully saturated rings. The van der Waals surface area contributed by atoms with E-state index in [2.05, 4.69) is 24.3 Å². The Morgan fingerprint density at radius 1 is 0.739 bits per heavy atom. The highest BCUT2D eigenvalue weighted by Crippen LogP contribution is 2.51. The van der Waals surface area contributed by atoms with E-state index in [1.54, 1.807) is 6.07 Å². The first-order valence-corrected chi connectivity index (χ1v) is 7.55. The van der Waals surface area contributed by atoms with Crippen molar-refractivity contribution >= 4 is 7.32 Å². The fourth-order valence-corrected chi connectivity index (χ4v) is 3.43. The van der Waals surface area contributed by atoms with Crippen LogP contribution in [0.15, 0.2) is 72.8 Å². The molecule has 112 valence electrons. The lowest BCUT2D eigenvalue weighted by molar-refractivity contribution is 0.287. The van der Waals surface area contributed by atoms with Gasteiger partial charge in [-0.05, 0) is 28.3 Å². The largest absolute Gasteiger partial charge is 0.707 e. The number of benzene rings is 3. The highest BCUT2D eigenvalue weighted by atomic mass is 16.6. The Balaban J connectivity index is 1.97. The maximum Gasteiger partial charge on any atom is 0.707 e. The van der Waals surface area contributed by atoms with E-state index in [1.807, 2.05) is 42.5 Å². The predicted octanol–water partition coefficient (Wildman–Crippen LogP) is 3.20. The average molecular weight is 302 g/mol. The molecule has 2 N–H and O–H groups in total. The van der Waals surface area contributed by atoms with Gasteiger partial charge < -0.3 is 14.7 Å². The summed E-state index contributed by atoms with van der Waals surface area (Å²) in [5.74, 6) is 0.528. The van der Waals surface area contributed by atoms with Crippen LogP contribution in [-0.2, 0) is 0 Å². The summed E-state index contributed by atoms with van der Waals surface area (Å²) in [5, 5.41) is 18.5. The summed E-state index contributed by atoms with van der Waals surface area (Å²) in [6.45, 7) is 0. The SMILES string of the molecule is OB(O)Oc1cccc2c1C(c1ccccc1)c1ccccc1-2. The summed E-state index contributed by atoms with van der Waals surface area (Å²) in [6.07, 6.45) is 0. The van der Waals surface area contributed by atoms with Crippen molar-refractivity contribution in [3.05, 3.63) is 89.5 Å². The number of rotatable bonds is 3. The Kier molecular flexibility index (Phi) is 3.41. The molecule has 1 aliphatic carbocycles. The summed E-state index contributed by atoms with van der Waals surface area (Å²) in [5.41, 5.74) is 5.58. The van der Waals surface area contributed by atoms with E-state index in [1.165, 1.54) is 5.56 Å². The second-order valence-corrected chi connectivity index (χ2v) is 5.59. The molecule has 3 aromatic carbocycles. The van der Waals surface area contributed by atoms with E-state index < -0.39 is 7.32 Å². The Hall–Kier alpha value is -2.56. The van der Waals surface area contributed by atoms with Gasteiger partial charge in [-0.2, -0.15) is 0 Å². The van der Waals surface area contributed by atoms with Crippen molar-refractivity contribution in [3.63, 3.8) is 0 Å². The van der Waals surface area contributed by atoms with Crippen molar-refractivity contribution in [1.29, 1.82) is 0 Å². The average Bonchev–Trinajstić information content (AvgIpc) is 2.91. The van der Waals surface area contributed by atoms with E-state index in [0.717, 1.165) is 22.3 Å². The van der Waals surface area contributed by atoms with E-state index >= 15 is 0 Å². The minimum absolute atomic E-state index is 0.0253. The van der Waals surface area contributed by atoms with Crippen LogP contribution in [0.25, 0.3) is 11.1 Å². The lowest BCUT2D eigenvalue weighted by atomic mass is 9.89. The lowest BCUT2D eigenvalue weighted by Gasteiger charge is -2.18. The van der Waals surface area contributed by atoms with Gasteiger partial charge in [0.25, 0.3) is 0 Å². The van der Waals surface area contributed by atoms with E-state index in [0.29, 0.717) is 5.75 Å². The van der Waals surface area contributed by atoms with Crippen LogP contribution in [0.3, 0.4) is 0 Å². The molecule has 0 spiro atoms. The van der Waals surface area contributed by atoms with Gasteiger partial charge in [0.05, 0.1) is 0 Å². The van der Waals surface area contributed by atoms with Crippen molar-refractivity contribution in [1.82, 2.24) is 0 Å². The maximum atomic E-state index is 9.24. The summed E-state index contributed by atoms with van der Waals surface area (Å²) in [6, 6.07) is 24.2. The molecule has 23 heavy (non-hydrogen) atoms. The van der Waals surface area contributed by atoms with Crippen LogP contribution in [0.4, 0.5) is 0 Å². The zero-order valence-corrected chi connectivity index (χ0v) is 12.4. The Bertz CT molecular complexity index is 846. The molecule has 1 unspecified atom stereocenters. The number of fused-ring (bicyclic) bond motifs is 3. The predicted molar refractivity (Wildman–Crippen MR) is 90.1 cm³/mol. The highest BCUT2D eigenvalue weighted by Gasteiger charge is 2.33. The van der Waals surface area contributed by atoms with Gasteiger partial charge >= 0.3 is 7.32 Å². The third kappa shape index (κ3) is 2.33.